The predicted molar refractivity (Wildman–Crippen MR) is 77.0 cm³/mol. The topological polar surface area (TPSA) is 123 Å². The molecule has 2 aromatic rings. The summed E-state index contributed by atoms with van der Waals surface area (Å²) in [6.07, 6.45) is -0.577. The molecule has 108 valence electrons. The molecule has 1 fully saturated rings. The van der Waals surface area contributed by atoms with E-state index in [0.717, 1.165) is 11.3 Å². The fourth-order valence-corrected chi connectivity index (χ4v) is 4.04. The highest BCUT2D eigenvalue weighted by Gasteiger charge is 2.36. The van der Waals surface area contributed by atoms with E-state index in [1.165, 1.54) is 16.3 Å². The van der Waals surface area contributed by atoms with Gasteiger partial charge in [0.05, 0.1) is 11.9 Å². The maximum atomic E-state index is 12.1. The Morgan fingerprint density at radius 3 is 2.95 bits per heavy atom. The van der Waals surface area contributed by atoms with Crippen molar-refractivity contribution < 1.29 is 9.84 Å². The van der Waals surface area contributed by atoms with Gasteiger partial charge < -0.3 is 15.6 Å². The molecule has 20 heavy (non-hydrogen) atoms. The molecule has 3 rings (SSSR count). The van der Waals surface area contributed by atoms with Crippen LogP contribution in [0.3, 0.4) is 0 Å². The molecule has 3 heterocycles. The lowest BCUT2D eigenvalue weighted by Crippen LogP contribution is -2.26. The number of nitrogens with two attached hydrogens (primary N) is 1. The summed E-state index contributed by atoms with van der Waals surface area (Å²) in [6, 6.07) is 0. The van der Waals surface area contributed by atoms with E-state index in [9.17, 15) is 9.59 Å². The summed E-state index contributed by atoms with van der Waals surface area (Å²) in [5, 5.41) is 9.10. The molecule has 3 atom stereocenters. The molecule has 0 amide bonds. The summed E-state index contributed by atoms with van der Waals surface area (Å²) in [7, 11) is 0. The van der Waals surface area contributed by atoms with Crippen molar-refractivity contribution in [2.45, 2.75) is 23.8 Å². The highest BCUT2D eigenvalue weighted by molar-refractivity contribution is 8.00. The number of hydrogen-bond donors (Lipinski definition) is 3. The lowest BCUT2D eigenvalue weighted by molar-refractivity contribution is -0.0129. The van der Waals surface area contributed by atoms with Gasteiger partial charge in [-0.05, 0) is 6.92 Å². The number of aliphatic hydroxyl groups is 1. The second kappa shape index (κ2) is 4.88. The Bertz CT molecular complexity index is 767. The summed E-state index contributed by atoms with van der Waals surface area (Å²) in [5.74, 6) is -0.0499. The summed E-state index contributed by atoms with van der Waals surface area (Å²) >= 11 is 2.23. The average Bonchev–Trinajstić information content (AvgIpc) is 2.89. The molecule has 0 radical (unpaired) electrons. The van der Waals surface area contributed by atoms with E-state index in [0.29, 0.717) is 0 Å². The van der Waals surface area contributed by atoms with Gasteiger partial charge in [-0.3, -0.25) is 19.1 Å². The average molecular weight is 316 g/mol. The van der Waals surface area contributed by atoms with Gasteiger partial charge in [-0.2, -0.15) is 4.98 Å². The molecule has 8 nitrogen and oxygen atoms in total. The van der Waals surface area contributed by atoms with E-state index in [2.05, 4.69) is 9.97 Å². The molecule has 2 aromatic heterocycles. The third kappa shape index (κ3) is 2.04. The van der Waals surface area contributed by atoms with Crippen molar-refractivity contribution in [1.29, 1.82) is 0 Å². The quantitative estimate of drug-likeness (QED) is 0.695. The van der Waals surface area contributed by atoms with Crippen LogP contribution < -0.4 is 16.2 Å². The fourth-order valence-electron chi connectivity index (χ4n) is 2.13. The van der Waals surface area contributed by atoms with Crippen LogP contribution in [-0.2, 0) is 4.74 Å². The van der Waals surface area contributed by atoms with Crippen LogP contribution in [0.15, 0.2) is 9.59 Å². The number of rotatable bonds is 2. The number of aromatic nitrogens is 3. The second-order valence-corrected chi connectivity index (χ2v) is 6.82. The number of thioether (sulfide) groups is 1. The summed E-state index contributed by atoms with van der Waals surface area (Å²) in [6.45, 7) is 1.75. The van der Waals surface area contributed by atoms with Crippen LogP contribution in [0.4, 0.5) is 5.95 Å². The van der Waals surface area contributed by atoms with Crippen molar-refractivity contribution in [3.05, 3.63) is 20.0 Å². The van der Waals surface area contributed by atoms with Crippen LogP contribution in [0.2, 0.25) is 0 Å². The maximum Gasteiger partial charge on any atom is 0.311 e. The number of nitrogens with zero attached hydrogens (tertiary/aromatic N) is 2. The van der Waals surface area contributed by atoms with Crippen molar-refractivity contribution in [2.24, 2.45) is 0 Å². The number of fused-ring (bicyclic) bond motifs is 1. The van der Waals surface area contributed by atoms with E-state index < -0.39 is 17.2 Å². The van der Waals surface area contributed by atoms with E-state index in [4.69, 9.17) is 15.6 Å². The highest BCUT2D eigenvalue weighted by atomic mass is 32.2. The monoisotopic (exact) mass is 316 g/mol. The Balaban J connectivity index is 2.19. The van der Waals surface area contributed by atoms with Crippen molar-refractivity contribution in [3.63, 3.8) is 0 Å². The number of anilines is 1. The number of aliphatic hydroxyl groups excluding tert-OH is 1. The van der Waals surface area contributed by atoms with Crippen molar-refractivity contribution in [1.82, 2.24) is 14.5 Å². The van der Waals surface area contributed by atoms with Gasteiger partial charge in [-0.25, -0.2) is 0 Å². The number of aromatic amines is 1. The minimum atomic E-state index is -0.577. The summed E-state index contributed by atoms with van der Waals surface area (Å²) in [5.41, 5.74) is 4.91. The lowest BCUT2D eigenvalue weighted by atomic mass is 10.4. The normalized spacial score (nSPS) is 26.4. The second-order valence-electron chi connectivity index (χ2n) is 4.32. The van der Waals surface area contributed by atoms with E-state index in [1.807, 2.05) is 6.92 Å². The number of H-pyrrole nitrogens is 1. The molecule has 0 spiro atoms. The Morgan fingerprint density at radius 1 is 1.55 bits per heavy atom. The first-order valence-corrected chi connectivity index (χ1v) is 7.60. The zero-order valence-electron chi connectivity index (χ0n) is 10.4. The Labute approximate surface area is 120 Å². The van der Waals surface area contributed by atoms with Crippen LogP contribution in [-0.4, -0.2) is 36.9 Å². The molecule has 1 aliphatic rings. The number of nitrogens with one attached hydrogen (secondary N) is 1. The number of ether oxygens (including phenoxy) is 1. The molecule has 10 heteroatoms. The number of hydrogen-bond acceptors (Lipinski definition) is 8. The van der Waals surface area contributed by atoms with Crippen LogP contribution in [0.25, 0.3) is 10.3 Å². The Hall–Kier alpha value is -1.36. The van der Waals surface area contributed by atoms with Crippen LogP contribution >= 0.6 is 23.1 Å². The SMILES string of the molecule is CC1S[C@@H](CO)OC1n1c(=O)sc2c(=O)[nH]c(N)nc21. The van der Waals surface area contributed by atoms with E-state index >= 15 is 0 Å². The van der Waals surface area contributed by atoms with Crippen molar-refractivity contribution in [3.8, 4) is 0 Å². The van der Waals surface area contributed by atoms with Crippen molar-refractivity contribution >= 4 is 39.4 Å². The first-order valence-electron chi connectivity index (χ1n) is 5.84. The van der Waals surface area contributed by atoms with Gasteiger partial charge in [0.2, 0.25) is 5.95 Å². The zero-order chi connectivity index (χ0) is 14.4. The van der Waals surface area contributed by atoms with Crippen LogP contribution in [0.1, 0.15) is 13.2 Å². The first kappa shape index (κ1) is 13.6. The lowest BCUT2D eigenvalue weighted by Gasteiger charge is -2.15. The zero-order valence-corrected chi connectivity index (χ0v) is 12.0. The van der Waals surface area contributed by atoms with E-state index in [-0.39, 0.29) is 33.0 Å². The molecule has 0 saturated carbocycles. The smallest absolute Gasteiger partial charge is 0.311 e. The largest absolute Gasteiger partial charge is 0.393 e. The van der Waals surface area contributed by atoms with Gasteiger partial charge in [0.1, 0.15) is 10.1 Å². The predicted octanol–water partition coefficient (Wildman–Crippen LogP) is -0.303. The highest BCUT2D eigenvalue weighted by Crippen LogP contribution is 2.39. The molecule has 0 aromatic carbocycles. The maximum absolute atomic E-state index is 12.1. The minimum absolute atomic E-state index is 0.0499. The number of nitrogen functional groups attached to an aromatic ring is 1. The first-order chi connectivity index (χ1) is 9.51. The molecule has 1 aliphatic heterocycles. The minimum Gasteiger partial charge on any atom is -0.393 e. The standard InChI is InChI=1S/C10H12N4O4S2/c1-3-8(18-4(2-15)19-3)14-6-5(20-10(14)17)7(16)13-9(11)12-6/h3-4,8,15H,2H2,1H3,(H3,11,12,13,16)/t3?,4-,8?/m0/s1. The van der Waals surface area contributed by atoms with Gasteiger partial charge in [0.25, 0.3) is 5.56 Å². The summed E-state index contributed by atoms with van der Waals surface area (Å²) in [4.78, 5) is 30.0. The summed E-state index contributed by atoms with van der Waals surface area (Å²) < 4.78 is 7.18. The van der Waals surface area contributed by atoms with Crippen LogP contribution in [0.5, 0.6) is 0 Å². The van der Waals surface area contributed by atoms with Crippen molar-refractivity contribution in [2.75, 3.05) is 12.3 Å². The Kier molecular flexibility index (Phi) is 3.32. The molecule has 1 saturated heterocycles. The fraction of sp³-hybridized carbons (Fsp3) is 0.500. The molecule has 0 aliphatic carbocycles. The van der Waals surface area contributed by atoms with Gasteiger partial charge in [-0.1, -0.05) is 11.3 Å². The van der Waals surface area contributed by atoms with Gasteiger partial charge in [0.15, 0.2) is 11.9 Å². The molecular weight excluding hydrogens is 304 g/mol. The molecule has 4 N–H and O–H groups in total. The molecular formula is C10H12N4O4S2. The Morgan fingerprint density at radius 2 is 2.30 bits per heavy atom. The van der Waals surface area contributed by atoms with E-state index in [1.54, 1.807) is 0 Å². The third-order valence-corrected chi connectivity index (χ3v) is 5.12. The van der Waals surface area contributed by atoms with Crippen LogP contribution in [0, 0.1) is 0 Å². The third-order valence-electron chi connectivity index (χ3n) is 2.95. The van der Waals surface area contributed by atoms with Gasteiger partial charge >= 0.3 is 4.87 Å². The molecule has 2 unspecified atom stereocenters. The van der Waals surface area contributed by atoms with Gasteiger partial charge in [-0.15, -0.1) is 11.8 Å². The number of thiazole rings is 1. The molecule has 0 bridgehead atoms. The van der Waals surface area contributed by atoms with Gasteiger partial charge in [0, 0.05) is 0 Å².